The van der Waals surface area contributed by atoms with Gasteiger partial charge in [-0.25, -0.2) is 8.42 Å². The fraction of sp³-hybridized carbons (Fsp3) is 0.381. The van der Waals surface area contributed by atoms with Crippen LogP contribution in [0.3, 0.4) is 0 Å². The largest absolute Gasteiger partial charge is 0.495 e. The van der Waals surface area contributed by atoms with E-state index in [1.54, 1.807) is 24.3 Å². The van der Waals surface area contributed by atoms with Crippen molar-refractivity contribution < 1.29 is 17.9 Å². The van der Waals surface area contributed by atoms with Gasteiger partial charge < -0.3 is 10.1 Å². The molecule has 0 fully saturated rings. The Morgan fingerprint density at radius 2 is 1.89 bits per heavy atom. The van der Waals surface area contributed by atoms with Gasteiger partial charge in [-0.3, -0.25) is 9.10 Å². The average Bonchev–Trinajstić information content (AvgIpc) is 3.13. The van der Waals surface area contributed by atoms with Crippen molar-refractivity contribution in [3.05, 3.63) is 59.2 Å². The van der Waals surface area contributed by atoms with Gasteiger partial charge in [0.15, 0.2) is 0 Å². The van der Waals surface area contributed by atoms with Gasteiger partial charge in [-0.15, -0.1) is 0 Å². The first-order valence-electron chi connectivity index (χ1n) is 9.31. The Balaban J connectivity index is 1.75. The third-order valence-electron chi connectivity index (χ3n) is 5.04. The Labute approximate surface area is 166 Å². The van der Waals surface area contributed by atoms with Crippen LogP contribution in [-0.4, -0.2) is 34.2 Å². The highest BCUT2D eigenvalue weighted by molar-refractivity contribution is 7.92. The maximum atomic E-state index is 12.6. The number of nitrogens with zero attached hydrogens (tertiary/aromatic N) is 1. The first-order chi connectivity index (χ1) is 13.3. The third-order valence-corrected chi connectivity index (χ3v) is 6.17. The van der Waals surface area contributed by atoms with E-state index in [0.717, 1.165) is 29.0 Å². The topological polar surface area (TPSA) is 75.7 Å². The normalized spacial score (nSPS) is 14.2. The number of hydrogen-bond acceptors (Lipinski definition) is 4. The number of benzene rings is 2. The molecule has 2 aromatic rings. The third kappa shape index (κ3) is 4.47. The monoisotopic (exact) mass is 402 g/mol. The van der Waals surface area contributed by atoms with E-state index >= 15 is 0 Å². The van der Waals surface area contributed by atoms with Gasteiger partial charge in [0.05, 0.1) is 25.1 Å². The van der Waals surface area contributed by atoms with E-state index in [9.17, 15) is 13.2 Å². The van der Waals surface area contributed by atoms with Crippen LogP contribution in [0, 0.1) is 0 Å². The Hall–Kier alpha value is -2.54. The van der Waals surface area contributed by atoms with Crippen LogP contribution in [0.15, 0.2) is 42.5 Å². The van der Waals surface area contributed by atoms with E-state index in [-0.39, 0.29) is 18.5 Å². The van der Waals surface area contributed by atoms with Crippen molar-refractivity contribution in [2.75, 3.05) is 24.2 Å². The maximum absolute atomic E-state index is 12.6. The summed E-state index contributed by atoms with van der Waals surface area (Å²) in [5.41, 5.74) is 4.08. The van der Waals surface area contributed by atoms with E-state index in [2.05, 4.69) is 17.4 Å². The lowest BCUT2D eigenvalue weighted by Crippen LogP contribution is -2.41. The molecular weight excluding hydrogens is 376 g/mol. The quantitative estimate of drug-likeness (QED) is 0.773. The molecule has 0 saturated carbocycles. The van der Waals surface area contributed by atoms with Crippen LogP contribution in [0.25, 0.3) is 0 Å². The molecule has 1 amide bonds. The molecule has 0 bridgehead atoms. The second kappa shape index (κ2) is 8.22. The van der Waals surface area contributed by atoms with Gasteiger partial charge in [0, 0.05) is 0 Å². The highest BCUT2D eigenvalue weighted by Crippen LogP contribution is 2.29. The molecule has 0 aromatic heterocycles. The summed E-state index contributed by atoms with van der Waals surface area (Å²) in [6.07, 6.45) is 4.43. The van der Waals surface area contributed by atoms with Crippen molar-refractivity contribution in [1.82, 2.24) is 5.32 Å². The van der Waals surface area contributed by atoms with Gasteiger partial charge in [0.2, 0.25) is 15.9 Å². The number of hydrogen-bond donors (Lipinski definition) is 1. The number of carbonyl (C=O) groups is 1. The Kier molecular flexibility index (Phi) is 5.93. The van der Waals surface area contributed by atoms with Gasteiger partial charge in [-0.05, 0) is 55.0 Å². The molecule has 0 heterocycles. The molecule has 0 aliphatic heterocycles. The lowest BCUT2D eigenvalue weighted by atomic mass is 10.0. The molecular formula is C21H26N2O4S. The van der Waals surface area contributed by atoms with Crippen molar-refractivity contribution in [3.8, 4) is 5.75 Å². The number of fused-ring (bicyclic) bond motifs is 1. The summed E-state index contributed by atoms with van der Waals surface area (Å²) < 4.78 is 30.9. The average molecular weight is 403 g/mol. The Bertz CT molecular complexity index is 972. The number of rotatable bonds is 7. The smallest absolute Gasteiger partial charge is 0.241 e. The summed E-state index contributed by atoms with van der Waals surface area (Å²) >= 11 is 0. The zero-order valence-electron chi connectivity index (χ0n) is 16.4. The molecule has 1 N–H and O–H groups in total. The lowest BCUT2D eigenvalue weighted by molar-refractivity contribution is -0.120. The molecule has 6 nitrogen and oxygen atoms in total. The zero-order valence-corrected chi connectivity index (χ0v) is 17.3. The summed E-state index contributed by atoms with van der Waals surface area (Å²) in [6, 6.07) is 12.8. The minimum absolute atomic E-state index is 0.211. The number of anilines is 1. The van der Waals surface area contributed by atoms with Crippen LogP contribution in [-0.2, 0) is 27.7 Å². The molecule has 0 spiro atoms. The molecule has 0 radical (unpaired) electrons. The minimum Gasteiger partial charge on any atom is -0.495 e. The number of amides is 1. The molecule has 7 heteroatoms. The number of sulfonamides is 1. The molecule has 1 aliphatic rings. The fourth-order valence-electron chi connectivity index (χ4n) is 3.58. The number of nitrogens with one attached hydrogen (secondary N) is 1. The predicted molar refractivity (Wildman–Crippen MR) is 110 cm³/mol. The van der Waals surface area contributed by atoms with Crippen molar-refractivity contribution in [3.63, 3.8) is 0 Å². The number of aryl methyl sites for hydroxylation is 2. The van der Waals surface area contributed by atoms with E-state index in [1.807, 2.05) is 13.0 Å². The van der Waals surface area contributed by atoms with Crippen LogP contribution in [0.2, 0.25) is 0 Å². The number of ether oxygens (including phenoxy) is 1. The summed E-state index contributed by atoms with van der Waals surface area (Å²) in [5, 5.41) is 2.91. The van der Waals surface area contributed by atoms with Crippen molar-refractivity contribution >= 4 is 21.6 Å². The first-order valence-corrected chi connectivity index (χ1v) is 11.2. The van der Waals surface area contributed by atoms with Gasteiger partial charge in [0.25, 0.3) is 0 Å². The second-order valence-corrected chi connectivity index (χ2v) is 9.02. The van der Waals surface area contributed by atoms with Crippen molar-refractivity contribution in [2.24, 2.45) is 0 Å². The van der Waals surface area contributed by atoms with E-state index < -0.39 is 10.0 Å². The molecule has 1 atom stereocenters. The molecule has 0 unspecified atom stereocenters. The number of para-hydroxylation sites is 2. The molecule has 3 rings (SSSR count). The fourth-order valence-corrected chi connectivity index (χ4v) is 4.44. The predicted octanol–water partition coefficient (Wildman–Crippen LogP) is 2.83. The van der Waals surface area contributed by atoms with E-state index in [0.29, 0.717) is 11.4 Å². The molecule has 150 valence electrons. The lowest BCUT2D eigenvalue weighted by Gasteiger charge is -2.24. The highest BCUT2D eigenvalue weighted by Gasteiger charge is 2.24. The van der Waals surface area contributed by atoms with Crippen LogP contribution < -0.4 is 14.4 Å². The standard InChI is InChI=1S/C21H26N2O4S/c1-15(17-12-11-16-7-6-8-18(16)13-17)22-21(24)14-23(28(3,25)26)19-9-4-5-10-20(19)27-2/h4-5,9-13,15H,6-8,14H2,1-3H3,(H,22,24)/t15-/m0/s1. The molecule has 1 aliphatic carbocycles. The van der Waals surface area contributed by atoms with Gasteiger partial charge in [0.1, 0.15) is 12.3 Å². The Morgan fingerprint density at radius 3 is 2.61 bits per heavy atom. The summed E-state index contributed by atoms with van der Waals surface area (Å²) in [4.78, 5) is 12.6. The second-order valence-electron chi connectivity index (χ2n) is 7.11. The van der Waals surface area contributed by atoms with Gasteiger partial charge in [-0.2, -0.15) is 0 Å². The molecule has 28 heavy (non-hydrogen) atoms. The summed E-state index contributed by atoms with van der Waals surface area (Å²) in [6.45, 7) is 1.59. The highest BCUT2D eigenvalue weighted by atomic mass is 32.2. The SMILES string of the molecule is COc1ccccc1N(CC(=O)N[C@@H](C)c1ccc2c(c1)CCC2)S(C)(=O)=O. The summed E-state index contributed by atoms with van der Waals surface area (Å²) in [5.74, 6) is 0.0247. The number of carbonyl (C=O) groups excluding carboxylic acids is 1. The van der Waals surface area contributed by atoms with Gasteiger partial charge in [-0.1, -0.05) is 30.3 Å². The first kappa shape index (κ1) is 20.2. The van der Waals surface area contributed by atoms with Crippen LogP contribution in [0.1, 0.15) is 36.1 Å². The minimum atomic E-state index is -3.66. The van der Waals surface area contributed by atoms with Crippen molar-refractivity contribution in [1.29, 1.82) is 0 Å². The van der Waals surface area contributed by atoms with Crippen LogP contribution in [0.4, 0.5) is 5.69 Å². The van der Waals surface area contributed by atoms with Crippen LogP contribution in [0.5, 0.6) is 5.75 Å². The maximum Gasteiger partial charge on any atom is 0.241 e. The van der Waals surface area contributed by atoms with Gasteiger partial charge >= 0.3 is 0 Å². The van der Waals surface area contributed by atoms with Crippen molar-refractivity contribution in [2.45, 2.75) is 32.2 Å². The Morgan fingerprint density at radius 1 is 1.18 bits per heavy atom. The number of methoxy groups -OCH3 is 1. The molecule has 2 aromatic carbocycles. The zero-order chi connectivity index (χ0) is 20.3. The molecule has 0 saturated heterocycles. The van der Waals surface area contributed by atoms with E-state index in [4.69, 9.17) is 4.74 Å². The van der Waals surface area contributed by atoms with Crippen LogP contribution >= 0.6 is 0 Å². The van der Waals surface area contributed by atoms with E-state index in [1.165, 1.54) is 24.7 Å². The summed E-state index contributed by atoms with van der Waals surface area (Å²) in [7, 11) is -2.19.